The van der Waals surface area contributed by atoms with Crippen LogP contribution in [0.25, 0.3) is 0 Å². The van der Waals surface area contributed by atoms with Crippen LogP contribution >= 0.6 is 15.9 Å². The van der Waals surface area contributed by atoms with Gasteiger partial charge in [0.1, 0.15) is 5.82 Å². The first-order valence-corrected chi connectivity index (χ1v) is 5.92. The van der Waals surface area contributed by atoms with E-state index in [9.17, 15) is 0 Å². The van der Waals surface area contributed by atoms with Crippen molar-refractivity contribution in [2.45, 2.75) is 13.0 Å². The molecule has 0 bridgehead atoms. The maximum absolute atomic E-state index is 5.89. The van der Waals surface area contributed by atoms with Gasteiger partial charge in [-0.05, 0) is 35.0 Å². The SMILES string of the molecule is COCC(N)CN(C)c1ccc(Br)c(C)n1. The summed E-state index contributed by atoms with van der Waals surface area (Å²) in [6.45, 7) is 3.25. The van der Waals surface area contributed by atoms with Gasteiger partial charge in [-0.25, -0.2) is 4.98 Å². The summed E-state index contributed by atoms with van der Waals surface area (Å²) in [7, 11) is 3.63. The molecule has 0 aliphatic carbocycles. The van der Waals surface area contributed by atoms with Gasteiger partial charge in [0.2, 0.25) is 0 Å². The van der Waals surface area contributed by atoms with E-state index in [1.165, 1.54) is 0 Å². The molecule has 4 nitrogen and oxygen atoms in total. The molecule has 0 spiro atoms. The van der Waals surface area contributed by atoms with Crippen molar-refractivity contribution in [2.24, 2.45) is 5.73 Å². The van der Waals surface area contributed by atoms with Crippen molar-refractivity contribution >= 4 is 21.7 Å². The van der Waals surface area contributed by atoms with Gasteiger partial charge in [0.15, 0.2) is 0 Å². The van der Waals surface area contributed by atoms with Gasteiger partial charge in [-0.3, -0.25) is 0 Å². The smallest absolute Gasteiger partial charge is 0.128 e. The summed E-state index contributed by atoms with van der Waals surface area (Å²) in [5.74, 6) is 0.923. The van der Waals surface area contributed by atoms with Crippen LogP contribution in [-0.4, -0.2) is 38.3 Å². The molecule has 0 aliphatic rings. The molecule has 1 atom stereocenters. The minimum absolute atomic E-state index is 0.000697. The van der Waals surface area contributed by atoms with Gasteiger partial charge in [-0.1, -0.05) is 0 Å². The molecule has 0 saturated carbocycles. The summed E-state index contributed by atoms with van der Waals surface area (Å²) in [5.41, 5.74) is 6.86. The van der Waals surface area contributed by atoms with Crippen LogP contribution in [0.4, 0.5) is 5.82 Å². The highest BCUT2D eigenvalue weighted by atomic mass is 79.9. The molecule has 2 N–H and O–H groups in total. The lowest BCUT2D eigenvalue weighted by Crippen LogP contribution is -2.38. The number of rotatable bonds is 5. The molecule has 0 saturated heterocycles. The Kier molecular flexibility index (Phi) is 5.18. The number of ether oxygens (including phenoxy) is 1. The Balaban J connectivity index is 2.65. The summed E-state index contributed by atoms with van der Waals surface area (Å²) in [5, 5.41) is 0. The third kappa shape index (κ3) is 3.73. The van der Waals surface area contributed by atoms with E-state index in [0.29, 0.717) is 6.61 Å². The molecule has 16 heavy (non-hydrogen) atoms. The van der Waals surface area contributed by atoms with Crippen molar-refractivity contribution < 1.29 is 4.74 Å². The van der Waals surface area contributed by atoms with Crippen molar-refractivity contribution in [2.75, 3.05) is 32.2 Å². The molecule has 5 heteroatoms. The third-order valence-electron chi connectivity index (χ3n) is 2.29. The third-order valence-corrected chi connectivity index (χ3v) is 3.12. The molecule has 0 radical (unpaired) electrons. The summed E-state index contributed by atoms with van der Waals surface area (Å²) in [4.78, 5) is 6.50. The van der Waals surface area contributed by atoms with Gasteiger partial charge >= 0.3 is 0 Å². The number of nitrogens with two attached hydrogens (primary N) is 1. The van der Waals surface area contributed by atoms with Gasteiger partial charge in [0, 0.05) is 31.2 Å². The predicted octanol–water partition coefficient (Wildman–Crippen LogP) is 1.56. The second-order valence-electron chi connectivity index (χ2n) is 3.83. The minimum Gasteiger partial charge on any atom is -0.383 e. The van der Waals surface area contributed by atoms with Crippen LogP contribution in [0, 0.1) is 6.92 Å². The van der Waals surface area contributed by atoms with Crippen LogP contribution in [-0.2, 0) is 4.74 Å². The molecule has 0 aromatic carbocycles. The van der Waals surface area contributed by atoms with Gasteiger partial charge in [-0.2, -0.15) is 0 Å². The van der Waals surface area contributed by atoms with E-state index in [1.54, 1.807) is 7.11 Å². The lowest BCUT2D eigenvalue weighted by atomic mass is 10.3. The second-order valence-corrected chi connectivity index (χ2v) is 4.69. The van der Waals surface area contributed by atoms with E-state index in [4.69, 9.17) is 10.5 Å². The predicted molar refractivity (Wildman–Crippen MR) is 69.8 cm³/mol. The van der Waals surface area contributed by atoms with Crippen LogP contribution in [0.5, 0.6) is 0 Å². The van der Waals surface area contributed by atoms with Crippen LogP contribution in [0.1, 0.15) is 5.69 Å². The monoisotopic (exact) mass is 287 g/mol. The number of pyridine rings is 1. The average molecular weight is 288 g/mol. The highest BCUT2D eigenvalue weighted by Crippen LogP contribution is 2.18. The van der Waals surface area contributed by atoms with E-state index in [0.717, 1.165) is 22.5 Å². The maximum atomic E-state index is 5.89. The summed E-state index contributed by atoms with van der Waals surface area (Å²) >= 11 is 3.43. The average Bonchev–Trinajstić information content (AvgIpc) is 2.22. The molecule has 1 aromatic rings. The van der Waals surface area contributed by atoms with E-state index in [1.807, 2.05) is 31.0 Å². The Morgan fingerprint density at radius 3 is 2.81 bits per heavy atom. The van der Waals surface area contributed by atoms with Gasteiger partial charge in [0.25, 0.3) is 0 Å². The highest BCUT2D eigenvalue weighted by molar-refractivity contribution is 9.10. The van der Waals surface area contributed by atoms with Crippen LogP contribution < -0.4 is 10.6 Å². The number of aromatic nitrogens is 1. The first kappa shape index (κ1) is 13.4. The van der Waals surface area contributed by atoms with E-state index < -0.39 is 0 Å². The Bertz CT molecular complexity index is 346. The molecule has 1 aromatic heterocycles. The molecule has 90 valence electrons. The molecule has 0 aliphatic heterocycles. The van der Waals surface area contributed by atoms with Crippen LogP contribution in [0.15, 0.2) is 16.6 Å². The molecule has 1 unspecified atom stereocenters. The molecular weight excluding hydrogens is 270 g/mol. The Hall–Kier alpha value is -0.650. The minimum atomic E-state index is 0.000697. The number of aryl methyl sites for hydroxylation is 1. The van der Waals surface area contributed by atoms with Crippen molar-refractivity contribution in [3.8, 4) is 0 Å². The van der Waals surface area contributed by atoms with Crippen molar-refractivity contribution in [3.05, 3.63) is 22.3 Å². The number of hydrogen-bond donors (Lipinski definition) is 1. The van der Waals surface area contributed by atoms with E-state index >= 15 is 0 Å². The number of methoxy groups -OCH3 is 1. The molecule has 1 rings (SSSR count). The fourth-order valence-electron chi connectivity index (χ4n) is 1.46. The Morgan fingerprint density at radius 1 is 1.56 bits per heavy atom. The Morgan fingerprint density at radius 2 is 2.25 bits per heavy atom. The van der Waals surface area contributed by atoms with Gasteiger partial charge in [0.05, 0.1) is 12.3 Å². The number of nitrogens with zero attached hydrogens (tertiary/aromatic N) is 2. The zero-order valence-corrected chi connectivity index (χ0v) is 11.5. The first-order chi connectivity index (χ1) is 7.54. The molecule has 0 fully saturated rings. The largest absolute Gasteiger partial charge is 0.383 e. The zero-order valence-electron chi connectivity index (χ0n) is 9.90. The fourth-order valence-corrected chi connectivity index (χ4v) is 1.68. The lowest BCUT2D eigenvalue weighted by molar-refractivity contribution is 0.181. The first-order valence-electron chi connectivity index (χ1n) is 5.13. The summed E-state index contributed by atoms with van der Waals surface area (Å²) < 4.78 is 6.02. The number of hydrogen-bond acceptors (Lipinski definition) is 4. The quantitative estimate of drug-likeness (QED) is 0.893. The van der Waals surface area contributed by atoms with Crippen molar-refractivity contribution in [1.82, 2.24) is 4.98 Å². The van der Waals surface area contributed by atoms with Gasteiger partial charge < -0.3 is 15.4 Å². The number of likely N-dealkylation sites (N-methyl/N-ethyl adjacent to an activating group) is 1. The zero-order chi connectivity index (χ0) is 12.1. The molecule has 1 heterocycles. The second kappa shape index (κ2) is 6.18. The molecular formula is C11H18BrN3O. The lowest BCUT2D eigenvalue weighted by Gasteiger charge is -2.22. The number of anilines is 1. The summed E-state index contributed by atoms with van der Waals surface area (Å²) in [6, 6.07) is 3.97. The van der Waals surface area contributed by atoms with Crippen molar-refractivity contribution in [3.63, 3.8) is 0 Å². The van der Waals surface area contributed by atoms with Crippen LogP contribution in [0.3, 0.4) is 0 Å². The maximum Gasteiger partial charge on any atom is 0.128 e. The van der Waals surface area contributed by atoms with Gasteiger partial charge in [-0.15, -0.1) is 0 Å². The normalized spacial score (nSPS) is 12.6. The van der Waals surface area contributed by atoms with E-state index in [2.05, 4.69) is 20.9 Å². The van der Waals surface area contributed by atoms with Crippen LogP contribution in [0.2, 0.25) is 0 Å². The topological polar surface area (TPSA) is 51.4 Å². The Labute approximate surface area is 105 Å². The van der Waals surface area contributed by atoms with E-state index in [-0.39, 0.29) is 6.04 Å². The highest BCUT2D eigenvalue weighted by Gasteiger charge is 2.09. The summed E-state index contributed by atoms with van der Waals surface area (Å²) in [6.07, 6.45) is 0. The number of halogens is 1. The van der Waals surface area contributed by atoms with Crippen molar-refractivity contribution in [1.29, 1.82) is 0 Å². The standard InChI is InChI=1S/C11H18BrN3O/c1-8-10(12)4-5-11(14-8)15(2)6-9(13)7-16-3/h4-5,9H,6-7,13H2,1-3H3. The fraction of sp³-hybridized carbons (Fsp3) is 0.545. The molecule has 0 amide bonds.